The lowest BCUT2D eigenvalue weighted by Crippen LogP contribution is -2.25. The van der Waals surface area contributed by atoms with E-state index in [0.29, 0.717) is 22.7 Å². The van der Waals surface area contributed by atoms with Gasteiger partial charge in [-0.2, -0.15) is 13.2 Å². The number of benzene rings is 2. The number of carbonyl (C=O) groups is 1. The number of nitrogens with zero attached hydrogens (tertiary/aromatic N) is 3. The largest absolute Gasteiger partial charge is 0.501 e. The van der Waals surface area contributed by atoms with E-state index in [2.05, 4.69) is 10.3 Å². The summed E-state index contributed by atoms with van der Waals surface area (Å²) in [7, 11) is -5.56. The number of nitrogens with one attached hydrogen (secondary N) is 1. The van der Waals surface area contributed by atoms with Crippen molar-refractivity contribution in [2.45, 2.75) is 23.5 Å². The zero-order valence-electron chi connectivity index (χ0n) is 19.2. The number of sulfone groups is 1. The highest BCUT2D eigenvalue weighted by Crippen LogP contribution is 2.30. The Balaban J connectivity index is 1.52. The second-order valence-electron chi connectivity index (χ2n) is 8.03. The Hall–Kier alpha value is -4.10. The maximum Gasteiger partial charge on any atom is 0.501 e. The van der Waals surface area contributed by atoms with Crippen molar-refractivity contribution in [1.82, 2.24) is 19.4 Å². The van der Waals surface area contributed by atoms with Gasteiger partial charge in [0.05, 0.1) is 23.3 Å². The second kappa shape index (κ2) is 10.3. The van der Waals surface area contributed by atoms with Crippen LogP contribution in [0.4, 0.5) is 13.2 Å². The summed E-state index contributed by atoms with van der Waals surface area (Å²) < 4.78 is 63.3. The fraction of sp³-hybridized carbons (Fsp3) is 0.125. The summed E-state index contributed by atoms with van der Waals surface area (Å²) in [6, 6.07) is 13.3. The zero-order valence-corrected chi connectivity index (χ0v) is 20.8. The smallest absolute Gasteiger partial charge is 0.493 e. The molecule has 2 aromatic heterocycles. The van der Waals surface area contributed by atoms with E-state index in [1.165, 1.54) is 12.3 Å². The molecule has 2 heterocycles. The topological polar surface area (TPSA) is 123 Å². The van der Waals surface area contributed by atoms with Crippen LogP contribution in [-0.2, 0) is 22.9 Å². The summed E-state index contributed by atoms with van der Waals surface area (Å²) in [6.07, 6.45) is 2.48. The van der Waals surface area contributed by atoms with E-state index >= 15 is 0 Å². The molecule has 0 aliphatic rings. The maximum absolute atomic E-state index is 12.9. The van der Waals surface area contributed by atoms with E-state index in [9.17, 15) is 36.3 Å². The number of rotatable bonds is 7. The van der Waals surface area contributed by atoms with Gasteiger partial charge in [0.2, 0.25) is 5.88 Å². The first-order chi connectivity index (χ1) is 17.9. The molecule has 0 atom stereocenters. The molecule has 2 N–H and O–H groups in total. The average molecular weight is 567 g/mol. The molecule has 0 fully saturated rings. The minimum atomic E-state index is -5.56. The van der Waals surface area contributed by atoms with Gasteiger partial charge in [-0.1, -0.05) is 23.7 Å². The molecule has 0 bridgehead atoms. The van der Waals surface area contributed by atoms with Gasteiger partial charge in [0.25, 0.3) is 15.7 Å². The van der Waals surface area contributed by atoms with Crippen LogP contribution in [0.2, 0.25) is 5.02 Å². The second-order valence-corrected chi connectivity index (χ2v) is 10.4. The third-order valence-corrected chi connectivity index (χ3v) is 7.18. The minimum absolute atomic E-state index is 0.0515. The molecule has 1 amide bonds. The number of hydrogen-bond donors (Lipinski definition) is 2. The van der Waals surface area contributed by atoms with Crippen molar-refractivity contribution < 1.29 is 31.5 Å². The average Bonchev–Trinajstić information content (AvgIpc) is 3.15. The summed E-state index contributed by atoms with van der Waals surface area (Å²) in [4.78, 5) is 28.5. The molecule has 0 saturated carbocycles. The number of alkyl halides is 3. The Bertz CT molecular complexity index is 1650. The molecular weight excluding hydrogens is 549 g/mol. The standard InChI is InChI=1S/C24H18ClF3N4O5S/c25-17-3-1-15(2-4-17)12-30-22(34)20-11-16(9-10-29-20)13-31-14-21(33)32(23(31)35)18-5-7-19(8-6-18)38(36,37)24(26,27)28/h1-11,14,33H,12-13H2,(H,30,34). The predicted molar refractivity (Wildman–Crippen MR) is 131 cm³/mol. The molecule has 2 aromatic carbocycles. The Morgan fingerprint density at radius 1 is 1.03 bits per heavy atom. The predicted octanol–water partition coefficient (Wildman–Crippen LogP) is 3.66. The molecule has 9 nitrogen and oxygen atoms in total. The van der Waals surface area contributed by atoms with Crippen molar-refractivity contribution in [2.24, 2.45) is 0 Å². The highest BCUT2D eigenvalue weighted by atomic mass is 35.5. The van der Waals surface area contributed by atoms with E-state index in [-0.39, 0.29) is 24.5 Å². The van der Waals surface area contributed by atoms with Gasteiger partial charge in [-0.05, 0) is 59.7 Å². The fourth-order valence-electron chi connectivity index (χ4n) is 3.51. The van der Waals surface area contributed by atoms with Crippen molar-refractivity contribution >= 4 is 27.3 Å². The molecule has 0 saturated heterocycles. The van der Waals surface area contributed by atoms with Crippen LogP contribution < -0.4 is 11.0 Å². The molecule has 0 spiro atoms. The van der Waals surface area contributed by atoms with E-state index in [1.807, 2.05) is 0 Å². The number of aromatic nitrogens is 3. The molecule has 38 heavy (non-hydrogen) atoms. The Kier molecular flexibility index (Phi) is 7.33. The lowest BCUT2D eigenvalue weighted by Gasteiger charge is -2.09. The van der Waals surface area contributed by atoms with E-state index < -0.39 is 37.7 Å². The first kappa shape index (κ1) is 26.9. The highest BCUT2D eigenvalue weighted by molar-refractivity contribution is 7.92. The van der Waals surface area contributed by atoms with Crippen LogP contribution in [0, 0.1) is 0 Å². The van der Waals surface area contributed by atoms with E-state index in [0.717, 1.165) is 33.0 Å². The van der Waals surface area contributed by atoms with Gasteiger partial charge in [-0.15, -0.1) is 0 Å². The number of pyridine rings is 1. The first-order valence-corrected chi connectivity index (χ1v) is 12.6. The van der Waals surface area contributed by atoms with Gasteiger partial charge in [-0.25, -0.2) is 17.8 Å². The lowest BCUT2D eigenvalue weighted by atomic mass is 10.2. The molecule has 4 rings (SSSR count). The van der Waals surface area contributed by atoms with Gasteiger partial charge < -0.3 is 10.4 Å². The third kappa shape index (κ3) is 5.58. The van der Waals surface area contributed by atoms with Crippen LogP contribution in [0.25, 0.3) is 5.69 Å². The number of carbonyl (C=O) groups excluding carboxylic acids is 1. The summed E-state index contributed by atoms with van der Waals surface area (Å²) in [5.74, 6) is -0.986. The van der Waals surface area contributed by atoms with E-state index in [4.69, 9.17) is 11.6 Å². The molecular formula is C24H18ClF3N4O5S. The monoisotopic (exact) mass is 566 g/mol. The maximum atomic E-state index is 12.9. The molecule has 14 heteroatoms. The van der Waals surface area contributed by atoms with Crippen LogP contribution in [0.15, 0.2) is 82.7 Å². The normalized spacial score (nSPS) is 11.9. The van der Waals surface area contributed by atoms with Gasteiger partial charge in [0.1, 0.15) is 5.69 Å². The lowest BCUT2D eigenvalue weighted by molar-refractivity contribution is -0.0436. The Morgan fingerprint density at radius 2 is 1.68 bits per heavy atom. The van der Waals surface area contributed by atoms with Crippen LogP contribution >= 0.6 is 11.6 Å². The summed E-state index contributed by atoms with van der Waals surface area (Å²) >= 11 is 5.85. The minimum Gasteiger partial charge on any atom is -0.493 e. The fourth-order valence-corrected chi connectivity index (χ4v) is 4.40. The molecule has 4 aromatic rings. The molecule has 0 unspecified atom stereocenters. The van der Waals surface area contributed by atoms with Gasteiger partial charge in [0, 0.05) is 17.8 Å². The van der Waals surface area contributed by atoms with Crippen molar-refractivity contribution in [2.75, 3.05) is 0 Å². The van der Waals surface area contributed by atoms with Crippen molar-refractivity contribution in [3.8, 4) is 11.6 Å². The van der Waals surface area contributed by atoms with Crippen LogP contribution in [0.5, 0.6) is 5.88 Å². The SMILES string of the molecule is O=C(NCc1ccc(Cl)cc1)c1cc(Cn2cc(O)n(-c3ccc(S(=O)(=O)C(F)(F)F)cc3)c2=O)ccn1. The molecule has 0 aliphatic carbocycles. The van der Waals surface area contributed by atoms with Crippen molar-refractivity contribution in [3.63, 3.8) is 0 Å². The number of aromatic hydroxyl groups is 1. The summed E-state index contributed by atoms with van der Waals surface area (Å²) in [5, 5.41) is 13.6. The van der Waals surface area contributed by atoms with Gasteiger partial charge >= 0.3 is 11.2 Å². The zero-order chi connectivity index (χ0) is 27.7. The number of halogens is 4. The molecule has 0 aliphatic heterocycles. The van der Waals surface area contributed by atoms with E-state index in [1.54, 1.807) is 30.3 Å². The summed E-state index contributed by atoms with van der Waals surface area (Å²) in [6.45, 7) is 0.168. The molecule has 0 radical (unpaired) electrons. The summed E-state index contributed by atoms with van der Waals surface area (Å²) in [5.41, 5.74) is -4.86. The number of hydrogen-bond acceptors (Lipinski definition) is 6. The van der Waals surface area contributed by atoms with Gasteiger partial charge in [0.15, 0.2) is 0 Å². The van der Waals surface area contributed by atoms with Crippen LogP contribution in [0.3, 0.4) is 0 Å². The highest BCUT2D eigenvalue weighted by Gasteiger charge is 2.46. The molecule has 198 valence electrons. The van der Waals surface area contributed by atoms with Crippen molar-refractivity contribution in [3.05, 3.63) is 105 Å². The first-order valence-electron chi connectivity index (χ1n) is 10.8. The van der Waals surface area contributed by atoms with Crippen LogP contribution in [0.1, 0.15) is 21.6 Å². The Morgan fingerprint density at radius 3 is 2.32 bits per heavy atom. The van der Waals surface area contributed by atoms with Crippen LogP contribution in [-0.4, -0.2) is 39.1 Å². The number of amides is 1. The Labute approximate surface area is 218 Å². The van der Waals surface area contributed by atoms with Crippen molar-refractivity contribution in [1.29, 1.82) is 0 Å². The number of imidazole rings is 1. The third-order valence-electron chi connectivity index (χ3n) is 5.42. The quantitative estimate of drug-likeness (QED) is 0.352. The van der Waals surface area contributed by atoms with Gasteiger partial charge in [-0.3, -0.25) is 14.3 Å².